The standard InChI is InChI=1S/C14H19NO3/c1-10-4-6-13(7-5-10)9-15(12(3)16)8-11(2)14(17)18/h4-7,11H,8-9H2,1-3H3,(H,17,18). The van der Waals surface area contributed by atoms with Gasteiger partial charge in [-0.2, -0.15) is 0 Å². The van der Waals surface area contributed by atoms with E-state index in [2.05, 4.69) is 0 Å². The van der Waals surface area contributed by atoms with Crippen molar-refractivity contribution in [3.8, 4) is 0 Å². The Morgan fingerprint density at radius 2 is 1.83 bits per heavy atom. The lowest BCUT2D eigenvalue weighted by Crippen LogP contribution is -2.34. The molecule has 0 spiro atoms. The van der Waals surface area contributed by atoms with Crippen LogP contribution in [0.5, 0.6) is 0 Å². The predicted octanol–water partition coefficient (Wildman–Crippen LogP) is 2.06. The van der Waals surface area contributed by atoms with Gasteiger partial charge in [0.1, 0.15) is 0 Å². The second-order valence-electron chi connectivity index (χ2n) is 4.62. The van der Waals surface area contributed by atoms with Crippen LogP contribution in [0.15, 0.2) is 24.3 Å². The van der Waals surface area contributed by atoms with Gasteiger partial charge in [-0.25, -0.2) is 0 Å². The highest BCUT2D eigenvalue weighted by atomic mass is 16.4. The first-order valence-electron chi connectivity index (χ1n) is 5.94. The molecular weight excluding hydrogens is 230 g/mol. The summed E-state index contributed by atoms with van der Waals surface area (Å²) in [6.45, 7) is 5.75. The summed E-state index contributed by atoms with van der Waals surface area (Å²) in [4.78, 5) is 23.9. The van der Waals surface area contributed by atoms with Crippen molar-refractivity contribution in [3.05, 3.63) is 35.4 Å². The quantitative estimate of drug-likeness (QED) is 0.869. The number of aliphatic carboxylic acids is 1. The summed E-state index contributed by atoms with van der Waals surface area (Å²) < 4.78 is 0. The Bertz CT molecular complexity index is 425. The Morgan fingerprint density at radius 1 is 1.28 bits per heavy atom. The molecule has 0 saturated carbocycles. The summed E-state index contributed by atoms with van der Waals surface area (Å²) in [5.74, 6) is -1.55. The minimum absolute atomic E-state index is 0.108. The zero-order valence-corrected chi connectivity index (χ0v) is 11.0. The van der Waals surface area contributed by atoms with E-state index in [0.29, 0.717) is 6.54 Å². The molecule has 1 aromatic rings. The van der Waals surface area contributed by atoms with Gasteiger partial charge in [-0.15, -0.1) is 0 Å². The van der Waals surface area contributed by atoms with Crippen LogP contribution in [0.1, 0.15) is 25.0 Å². The number of nitrogens with zero attached hydrogens (tertiary/aromatic N) is 1. The van der Waals surface area contributed by atoms with Crippen molar-refractivity contribution in [3.63, 3.8) is 0 Å². The van der Waals surface area contributed by atoms with E-state index in [0.717, 1.165) is 11.1 Å². The van der Waals surface area contributed by atoms with Crippen LogP contribution in [0.2, 0.25) is 0 Å². The first-order valence-corrected chi connectivity index (χ1v) is 5.94. The molecule has 0 saturated heterocycles. The molecule has 0 aliphatic heterocycles. The van der Waals surface area contributed by atoms with Crippen molar-refractivity contribution < 1.29 is 14.7 Å². The number of carboxylic acids is 1. The van der Waals surface area contributed by atoms with E-state index in [1.54, 1.807) is 11.8 Å². The summed E-state index contributed by atoms with van der Waals surface area (Å²) in [6, 6.07) is 7.87. The topological polar surface area (TPSA) is 57.6 Å². The predicted molar refractivity (Wildman–Crippen MR) is 69.1 cm³/mol. The first-order chi connectivity index (χ1) is 8.40. The lowest BCUT2D eigenvalue weighted by Gasteiger charge is -2.23. The van der Waals surface area contributed by atoms with Gasteiger partial charge in [-0.3, -0.25) is 9.59 Å². The van der Waals surface area contributed by atoms with Gasteiger partial charge in [0.25, 0.3) is 0 Å². The van der Waals surface area contributed by atoms with Crippen LogP contribution < -0.4 is 0 Å². The van der Waals surface area contributed by atoms with E-state index in [-0.39, 0.29) is 12.5 Å². The van der Waals surface area contributed by atoms with Crippen LogP contribution in [-0.2, 0) is 16.1 Å². The minimum Gasteiger partial charge on any atom is -0.481 e. The molecule has 0 radical (unpaired) electrons. The Labute approximate surface area is 107 Å². The largest absolute Gasteiger partial charge is 0.481 e. The van der Waals surface area contributed by atoms with Gasteiger partial charge < -0.3 is 10.0 Å². The molecule has 1 unspecified atom stereocenters. The van der Waals surface area contributed by atoms with E-state index in [4.69, 9.17) is 5.11 Å². The summed E-state index contributed by atoms with van der Waals surface area (Å²) >= 11 is 0. The fourth-order valence-corrected chi connectivity index (χ4v) is 1.63. The molecular formula is C14H19NO3. The lowest BCUT2D eigenvalue weighted by molar-refractivity contribution is -0.142. The fraction of sp³-hybridized carbons (Fsp3) is 0.429. The SMILES string of the molecule is CC(=O)N(Cc1ccc(C)cc1)CC(C)C(=O)O. The lowest BCUT2D eigenvalue weighted by atomic mass is 10.1. The highest BCUT2D eigenvalue weighted by Gasteiger charge is 2.18. The van der Waals surface area contributed by atoms with Crippen LogP contribution >= 0.6 is 0 Å². The zero-order chi connectivity index (χ0) is 13.7. The van der Waals surface area contributed by atoms with Gasteiger partial charge >= 0.3 is 5.97 Å². The molecule has 4 nitrogen and oxygen atoms in total. The van der Waals surface area contributed by atoms with Crippen LogP contribution in [0, 0.1) is 12.8 Å². The first kappa shape index (κ1) is 14.2. The van der Waals surface area contributed by atoms with Crippen molar-refractivity contribution in [2.45, 2.75) is 27.3 Å². The summed E-state index contributed by atoms with van der Waals surface area (Å²) in [5, 5.41) is 8.88. The average molecular weight is 249 g/mol. The maximum absolute atomic E-state index is 11.5. The van der Waals surface area contributed by atoms with Gasteiger partial charge in [0, 0.05) is 20.0 Å². The minimum atomic E-state index is -0.884. The third kappa shape index (κ3) is 4.20. The third-order valence-corrected chi connectivity index (χ3v) is 2.86. The zero-order valence-electron chi connectivity index (χ0n) is 11.0. The van der Waals surface area contributed by atoms with Crippen LogP contribution in [-0.4, -0.2) is 28.4 Å². The van der Waals surface area contributed by atoms with E-state index in [9.17, 15) is 9.59 Å². The smallest absolute Gasteiger partial charge is 0.308 e. The molecule has 0 aromatic heterocycles. The van der Waals surface area contributed by atoms with Gasteiger partial charge in [-0.05, 0) is 12.5 Å². The van der Waals surface area contributed by atoms with Gasteiger partial charge in [0.2, 0.25) is 5.91 Å². The molecule has 98 valence electrons. The van der Waals surface area contributed by atoms with Crippen LogP contribution in [0.4, 0.5) is 0 Å². The van der Waals surface area contributed by atoms with Crippen molar-refractivity contribution in [1.82, 2.24) is 4.90 Å². The van der Waals surface area contributed by atoms with Crippen molar-refractivity contribution in [2.24, 2.45) is 5.92 Å². The number of amides is 1. The second kappa shape index (κ2) is 6.19. The number of carboxylic acid groups (broad SMARTS) is 1. The third-order valence-electron chi connectivity index (χ3n) is 2.86. The van der Waals surface area contributed by atoms with E-state index in [1.165, 1.54) is 6.92 Å². The number of benzene rings is 1. The number of hydrogen-bond acceptors (Lipinski definition) is 2. The van der Waals surface area contributed by atoms with Gasteiger partial charge in [0.15, 0.2) is 0 Å². The van der Waals surface area contributed by atoms with Crippen molar-refractivity contribution in [1.29, 1.82) is 0 Å². The number of aryl methyl sites for hydroxylation is 1. The second-order valence-corrected chi connectivity index (χ2v) is 4.62. The van der Waals surface area contributed by atoms with Crippen molar-refractivity contribution in [2.75, 3.05) is 6.54 Å². The molecule has 0 fully saturated rings. The van der Waals surface area contributed by atoms with E-state index in [1.807, 2.05) is 31.2 Å². The van der Waals surface area contributed by atoms with Crippen LogP contribution in [0.3, 0.4) is 0 Å². The number of rotatable bonds is 5. The number of hydrogen-bond donors (Lipinski definition) is 1. The summed E-state index contributed by atoms with van der Waals surface area (Å²) in [7, 11) is 0. The Morgan fingerprint density at radius 3 is 2.28 bits per heavy atom. The maximum atomic E-state index is 11.5. The molecule has 0 aliphatic carbocycles. The molecule has 0 heterocycles. The fourth-order valence-electron chi connectivity index (χ4n) is 1.63. The maximum Gasteiger partial charge on any atom is 0.308 e. The summed E-state index contributed by atoms with van der Waals surface area (Å²) in [6.07, 6.45) is 0. The molecule has 4 heteroatoms. The molecule has 1 rings (SSSR count). The van der Waals surface area contributed by atoms with Gasteiger partial charge in [-0.1, -0.05) is 36.8 Å². The number of carbonyl (C=O) groups is 2. The highest BCUT2D eigenvalue weighted by molar-refractivity contribution is 5.75. The van der Waals surface area contributed by atoms with Gasteiger partial charge in [0.05, 0.1) is 5.92 Å². The molecule has 1 amide bonds. The Balaban J connectivity index is 2.71. The van der Waals surface area contributed by atoms with Crippen LogP contribution in [0.25, 0.3) is 0 Å². The monoisotopic (exact) mass is 249 g/mol. The average Bonchev–Trinajstić information content (AvgIpc) is 2.30. The molecule has 0 aliphatic rings. The highest BCUT2D eigenvalue weighted by Crippen LogP contribution is 2.09. The van der Waals surface area contributed by atoms with Crippen molar-refractivity contribution >= 4 is 11.9 Å². The molecule has 1 aromatic carbocycles. The summed E-state index contributed by atoms with van der Waals surface area (Å²) in [5.41, 5.74) is 2.17. The Kier molecular flexibility index (Phi) is 4.89. The molecule has 1 N–H and O–H groups in total. The number of carbonyl (C=O) groups excluding carboxylic acids is 1. The van der Waals surface area contributed by atoms with E-state index >= 15 is 0 Å². The van der Waals surface area contributed by atoms with E-state index < -0.39 is 11.9 Å². The molecule has 0 bridgehead atoms. The molecule has 18 heavy (non-hydrogen) atoms. The Hall–Kier alpha value is -1.84. The molecule has 1 atom stereocenters. The normalized spacial score (nSPS) is 11.9.